The van der Waals surface area contributed by atoms with Gasteiger partial charge in [0.2, 0.25) is 0 Å². The molecule has 2 rings (SSSR count). The molecule has 0 fully saturated rings. The molecule has 2 aromatic rings. The smallest absolute Gasteiger partial charge is 0.138 e. The fourth-order valence-electron chi connectivity index (χ4n) is 1.80. The summed E-state index contributed by atoms with van der Waals surface area (Å²) in [6.45, 7) is 5.72. The highest BCUT2D eigenvalue weighted by molar-refractivity contribution is 5.84. The Labute approximate surface area is 106 Å². The molecule has 0 aliphatic heterocycles. The number of Topliss-reactive ketones (excluding diaryl/α,β-unsaturated/α-hetero) is 1. The van der Waals surface area contributed by atoms with Crippen LogP contribution in [-0.2, 0) is 11.2 Å². The van der Waals surface area contributed by atoms with Crippen molar-refractivity contribution in [3.8, 4) is 0 Å². The Kier molecular flexibility index (Phi) is 3.24. The highest BCUT2D eigenvalue weighted by Crippen LogP contribution is 2.23. The van der Waals surface area contributed by atoms with Crippen LogP contribution in [0.1, 0.15) is 33.0 Å². The van der Waals surface area contributed by atoms with Gasteiger partial charge in [-0.1, -0.05) is 20.8 Å². The molecule has 0 spiro atoms. The second kappa shape index (κ2) is 4.56. The Balaban J connectivity index is 2.11. The molecule has 18 heavy (non-hydrogen) atoms. The molecule has 0 amide bonds. The van der Waals surface area contributed by atoms with Crippen molar-refractivity contribution in [1.29, 1.82) is 0 Å². The van der Waals surface area contributed by atoms with E-state index in [1.54, 1.807) is 12.1 Å². The van der Waals surface area contributed by atoms with E-state index in [1.165, 1.54) is 12.1 Å². The second-order valence-corrected chi connectivity index (χ2v) is 5.57. The molecule has 0 aliphatic rings. The van der Waals surface area contributed by atoms with Crippen molar-refractivity contribution in [2.45, 2.75) is 33.6 Å². The van der Waals surface area contributed by atoms with Gasteiger partial charge in [-0.05, 0) is 24.3 Å². The minimum Gasteiger partial charge on any atom is -0.461 e. The van der Waals surface area contributed by atoms with Crippen LogP contribution in [0, 0.1) is 11.2 Å². The van der Waals surface area contributed by atoms with Crippen molar-refractivity contribution < 1.29 is 13.6 Å². The Hall–Kier alpha value is -1.64. The number of carbonyl (C=O) groups excluding carboxylic acids is 1. The van der Waals surface area contributed by atoms with Crippen LogP contribution in [0.4, 0.5) is 4.39 Å². The lowest BCUT2D eigenvalue weighted by Crippen LogP contribution is -2.20. The molecular weight excluding hydrogens is 231 g/mol. The molecule has 1 heterocycles. The number of ketones is 1. The Morgan fingerprint density at radius 1 is 1.28 bits per heavy atom. The molecule has 96 valence electrons. The van der Waals surface area contributed by atoms with Crippen molar-refractivity contribution in [3.05, 3.63) is 35.8 Å². The number of fused-ring (bicyclic) bond motifs is 1. The summed E-state index contributed by atoms with van der Waals surface area (Å²) in [5, 5.41) is 0.744. The summed E-state index contributed by atoms with van der Waals surface area (Å²) in [6.07, 6.45) is 1.01. The first kappa shape index (κ1) is 12.8. The Morgan fingerprint density at radius 2 is 2.00 bits per heavy atom. The van der Waals surface area contributed by atoms with E-state index in [0.29, 0.717) is 18.4 Å². The first-order valence-corrected chi connectivity index (χ1v) is 6.07. The fourth-order valence-corrected chi connectivity index (χ4v) is 1.80. The standard InChI is InChI=1S/C15H17FO2/c1-15(2,3)14(17)7-5-12-9-10-8-11(16)4-6-13(10)18-12/h4,6,8-9H,5,7H2,1-3H3. The largest absolute Gasteiger partial charge is 0.461 e. The molecule has 0 radical (unpaired) electrons. The van der Waals surface area contributed by atoms with E-state index in [9.17, 15) is 9.18 Å². The zero-order chi connectivity index (χ0) is 13.3. The average Bonchev–Trinajstić information content (AvgIpc) is 2.66. The maximum Gasteiger partial charge on any atom is 0.138 e. The van der Waals surface area contributed by atoms with Gasteiger partial charge >= 0.3 is 0 Å². The van der Waals surface area contributed by atoms with Gasteiger partial charge in [-0.25, -0.2) is 4.39 Å². The first-order valence-electron chi connectivity index (χ1n) is 6.07. The lowest BCUT2D eigenvalue weighted by atomic mass is 9.88. The maximum atomic E-state index is 13.0. The van der Waals surface area contributed by atoms with Crippen LogP contribution in [0.15, 0.2) is 28.7 Å². The number of rotatable bonds is 3. The van der Waals surface area contributed by atoms with Gasteiger partial charge in [-0.3, -0.25) is 4.79 Å². The summed E-state index contributed by atoms with van der Waals surface area (Å²) in [6, 6.07) is 6.22. The van der Waals surface area contributed by atoms with Gasteiger partial charge < -0.3 is 4.42 Å². The van der Waals surface area contributed by atoms with Crippen molar-refractivity contribution in [2.24, 2.45) is 5.41 Å². The molecule has 3 heteroatoms. The number of hydrogen-bond acceptors (Lipinski definition) is 2. The van der Waals surface area contributed by atoms with Gasteiger partial charge in [0.15, 0.2) is 0 Å². The second-order valence-electron chi connectivity index (χ2n) is 5.57. The van der Waals surface area contributed by atoms with Gasteiger partial charge in [0, 0.05) is 23.6 Å². The third-order valence-electron chi connectivity index (χ3n) is 2.96. The van der Waals surface area contributed by atoms with Gasteiger partial charge in [-0.15, -0.1) is 0 Å². The van der Waals surface area contributed by atoms with E-state index >= 15 is 0 Å². The summed E-state index contributed by atoms with van der Waals surface area (Å²) < 4.78 is 18.6. The van der Waals surface area contributed by atoms with Crippen LogP contribution >= 0.6 is 0 Å². The van der Waals surface area contributed by atoms with E-state index in [-0.39, 0.29) is 17.0 Å². The molecular formula is C15H17FO2. The van der Waals surface area contributed by atoms with Crippen LogP contribution in [-0.4, -0.2) is 5.78 Å². The highest BCUT2D eigenvalue weighted by Gasteiger charge is 2.21. The first-order chi connectivity index (χ1) is 8.36. The maximum absolute atomic E-state index is 13.0. The minimum absolute atomic E-state index is 0.203. The average molecular weight is 248 g/mol. The van der Waals surface area contributed by atoms with Gasteiger partial charge in [-0.2, -0.15) is 0 Å². The topological polar surface area (TPSA) is 30.2 Å². The van der Waals surface area contributed by atoms with Crippen molar-refractivity contribution in [3.63, 3.8) is 0 Å². The van der Waals surface area contributed by atoms with Crippen molar-refractivity contribution in [2.75, 3.05) is 0 Å². The molecule has 0 aliphatic carbocycles. The van der Waals surface area contributed by atoms with E-state index in [2.05, 4.69) is 0 Å². The summed E-state index contributed by atoms with van der Waals surface area (Å²) >= 11 is 0. The summed E-state index contributed by atoms with van der Waals surface area (Å²) in [5.41, 5.74) is 0.340. The lowest BCUT2D eigenvalue weighted by Gasteiger charge is -2.15. The van der Waals surface area contributed by atoms with E-state index in [1.807, 2.05) is 20.8 Å². The number of halogens is 1. The molecule has 0 saturated carbocycles. The number of hydrogen-bond donors (Lipinski definition) is 0. The molecule has 1 aromatic carbocycles. The minimum atomic E-state index is -0.321. The van der Waals surface area contributed by atoms with E-state index < -0.39 is 0 Å². The monoisotopic (exact) mass is 248 g/mol. The molecule has 0 saturated heterocycles. The highest BCUT2D eigenvalue weighted by atomic mass is 19.1. The summed E-state index contributed by atoms with van der Waals surface area (Å²) in [7, 11) is 0. The van der Waals surface area contributed by atoms with Gasteiger partial charge in [0.05, 0.1) is 0 Å². The Morgan fingerprint density at radius 3 is 2.67 bits per heavy atom. The van der Waals surface area contributed by atoms with E-state index in [0.717, 1.165) is 11.1 Å². The van der Waals surface area contributed by atoms with Crippen molar-refractivity contribution >= 4 is 16.8 Å². The predicted octanol–water partition coefficient (Wildman–Crippen LogP) is 4.12. The van der Waals surface area contributed by atoms with Crippen LogP contribution in [0.5, 0.6) is 0 Å². The third kappa shape index (κ3) is 2.78. The molecule has 0 bridgehead atoms. The van der Waals surface area contributed by atoms with Crippen molar-refractivity contribution in [1.82, 2.24) is 0 Å². The SMILES string of the molecule is CC(C)(C)C(=O)CCc1cc2cc(F)ccc2o1. The zero-order valence-corrected chi connectivity index (χ0v) is 10.9. The van der Waals surface area contributed by atoms with Crippen LogP contribution in [0.2, 0.25) is 0 Å². The van der Waals surface area contributed by atoms with Crippen LogP contribution in [0.25, 0.3) is 11.0 Å². The number of benzene rings is 1. The quantitative estimate of drug-likeness (QED) is 0.817. The third-order valence-corrected chi connectivity index (χ3v) is 2.96. The Bertz CT molecular complexity index is 576. The number of furan rings is 1. The molecule has 0 atom stereocenters. The summed E-state index contributed by atoms with van der Waals surface area (Å²) in [5.74, 6) is 0.656. The van der Waals surface area contributed by atoms with Gasteiger partial charge in [0.1, 0.15) is 22.9 Å². The van der Waals surface area contributed by atoms with Crippen LogP contribution in [0.3, 0.4) is 0 Å². The number of carbonyl (C=O) groups is 1. The number of aryl methyl sites for hydroxylation is 1. The molecule has 1 aromatic heterocycles. The van der Waals surface area contributed by atoms with Crippen LogP contribution < -0.4 is 0 Å². The molecule has 2 nitrogen and oxygen atoms in total. The van der Waals surface area contributed by atoms with Gasteiger partial charge in [0.25, 0.3) is 0 Å². The predicted molar refractivity (Wildman–Crippen MR) is 69.0 cm³/mol. The molecule has 0 N–H and O–H groups in total. The normalized spacial score (nSPS) is 12.0. The van der Waals surface area contributed by atoms with E-state index in [4.69, 9.17) is 4.42 Å². The molecule has 0 unspecified atom stereocenters. The fraction of sp³-hybridized carbons (Fsp3) is 0.400. The zero-order valence-electron chi connectivity index (χ0n) is 10.9. The summed E-state index contributed by atoms with van der Waals surface area (Å²) in [4.78, 5) is 11.8. The lowest BCUT2D eigenvalue weighted by molar-refractivity contribution is -0.126.